The number of pyridine rings is 1. The molecule has 4 heteroatoms. The van der Waals surface area contributed by atoms with Crippen molar-refractivity contribution < 1.29 is 9.90 Å². The number of rotatable bonds is 3. The van der Waals surface area contributed by atoms with Crippen molar-refractivity contribution in [1.29, 1.82) is 0 Å². The second-order valence-electron chi connectivity index (χ2n) is 3.54. The van der Waals surface area contributed by atoms with Crippen LogP contribution in [0.1, 0.15) is 35.8 Å². The van der Waals surface area contributed by atoms with Crippen LogP contribution in [0.2, 0.25) is 0 Å². The molecule has 14 heavy (non-hydrogen) atoms. The van der Waals surface area contributed by atoms with Gasteiger partial charge in [-0.25, -0.2) is 4.79 Å². The quantitative estimate of drug-likeness (QED) is 0.763. The molecule has 0 aliphatic carbocycles. The van der Waals surface area contributed by atoms with Gasteiger partial charge in [-0.3, -0.25) is 4.98 Å². The van der Waals surface area contributed by atoms with Gasteiger partial charge in [-0.05, 0) is 12.0 Å². The lowest BCUT2D eigenvalue weighted by molar-refractivity contribution is 0.0694. The van der Waals surface area contributed by atoms with E-state index >= 15 is 0 Å². The summed E-state index contributed by atoms with van der Waals surface area (Å²) in [5.41, 5.74) is 6.70. The zero-order valence-electron chi connectivity index (χ0n) is 8.27. The highest BCUT2D eigenvalue weighted by atomic mass is 16.4. The van der Waals surface area contributed by atoms with Gasteiger partial charge in [-0.2, -0.15) is 0 Å². The Morgan fingerprint density at radius 2 is 2.21 bits per heavy atom. The molecule has 1 aromatic rings. The third-order valence-corrected chi connectivity index (χ3v) is 2.16. The molecule has 0 unspecified atom stereocenters. The van der Waals surface area contributed by atoms with Crippen molar-refractivity contribution in [2.45, 2.75) is 19.9 Å². The van der Waals surface area contributed by atoms with Gasteiger partial charge in [-0.15, -0.1) is 0 Å². The maximum atomic E-state index is 10.9. The Morgan fingerprint density at radius 3 is 2.71 bits per heavy atom. The van der Waals surface area contributed by atoms with Gasteiger partial charge in [0.05, 0.1) is 5.56 Å². The van der Waals surface area contributed by atoms with Crippen LogP contribution in [-0.4, -0.2) is 16.1 Å². The Bertz CT molecular complexity index is 337. The molecule has 1 aromatic heterocycles. The summed E-state index contributed by atoms with van der Waals surface area (Å²) in [6, 6.07) is 1.19. The van der Waals surface area contributed by atoms with E-state index < -0.39 is 5.97 Å². The Labute approximate surface area is 82.8 Å². The van der Waals surface area contributed by atoms with Gasteiger partial charge in [0.25, 0.3) is 0 Å². The molecule has 1 rings (SSSR count). The van der Waals surface area contributed by atoms with E-state index in [4.69, 9.17) is 10.8 Å². The lowest BCUT2D eigenvalue weighted by Gasteiger charge is -2.17. The van der Waals surface area contributed by atoms with Crippen molar-refractivity contribution in [1.82, 2.24) is 4.98 Å². The minimum absolute atomic E-state index is 0.192. The Kier molecular flexibility index (Phi) is 3.19. The fourth-order valence-electron chi connectivity index (χ4n) is 1.23. The zero-order chi connectivity index (χ0) is 10.7. The molecule has 0 amide bonds. The summed E-state index contributed by atoms with van der Waals surface area (Å²) in [5, 5.41) is 8.91. The van der Waals surface area contributed by atoms with Gasteiger partial charge < -0.3 is 10.8 Å². The molecule has 76 valence electrons. The lowest BCUT2D eigenvalue weighted by Crippen LogP contribution is -2.20. The number of carboxylic acid groups (broad SMARTS) is 1. The maximum absolute atomic E-state index is 10.9. The third kappa shape index (κ3) is 2.09. The summed E-state index contributed by atoms with van der Waals surface area (Å²) in [7, 11) is 0. The lowest BCUT2D eigenvalue weighted by atomic mass is 9.95. The molecule has 0 radical (unpaired) electrons. The van der Waals surface area contributed by atoms with Crippen molar-refractivity contribution in [3.05, 3.63) is 29.6 Å². The molecule has 0 spiro atoms. The van der Waals surface area contributed by atoms with Crippen molar-refractivity contribution >= 4 is 5.97 Å². The van der Waals surface area contributed by atoms with Crippen LogP contribution in [0, 0.1) is 5.92 Å². The topological polar surface area (TPSA) is 76.2 Å². The van der Waals surface area contributed by atoms with Crippen LogP contribution in [0.25, 0.3) is 0 Å². The fraction of sp³-hybridized carbons (Fsp3) is 0.400. The molecule has 1 atom stereocenters. The summed E-state index contributed by atoms with van der Waals surface area (Å²) in [4.78, 5) is 14.8. The summed E-state index contributed by atoms with van der Waals surface area (Å²) >= 11 is 0. The predicted molar refractivity (Wildman–Crippen MR) is 53.0 cm³/mol. The molecular formula is C10H14N2O2. The number of nitrogens with zero attached hydrogens (tertiary/aromatic N) is 1. The SMILES string of the molecule is CC(C)[C@@H](N)c1cnccc1C(=O)O. The van der Waals surface area contributed by atoms with Gasteiger partial charge >= 0.3 is 5.97 Å². The highest BCUT2D eigenvalue weighted by Crippen LogP contribution is 2.21. The highest BCUT2D eigenvalue weighted by Gasteiger charge is 2.17. The number of aromatic nitrogens is 1. The Hall–Kier alpha value is -1.42. The molecular weight excluding hydrogens is 180 g/mol. The molecule has 4 nitrogen and oxygen atoms in total. The number of hydrogen-bond donors (Lipinski definition) is 2. The van der Waals surface area contributed by atoms with Crippen molar-refractivity contribution in [3.8, 4) is 0 Å². The standard InChI is InChI=1S/C10H14N2O2/c1-6(2)9(11)8-5-12-4-3-7(8)10(13)14/h3-6,9H,11H2,1-2H3,(H,13,14)/t9-/m1/s1. The van der Waals surface area contributed by atoms with Gasteiger partial charge in [0.15, 0.2) is 0 Å². The summed E-state index contributed by atoms with van der Waals surface area (Å²) < 4.78 is 0. The fourth-order valence-corrected chi connectivity index (χ4v) is 1.23. The van der Waals surface area contributed by atoms with E-state index in [2.05, 4.69) is 4.98 Å². The first-order valence-electron chi connectivity index (χ1n) is 4.46. The van der Waals surface area contributed by atoms with E-state index in [1.54, 1.807) is 0 Å². The van der Waals surface area contributed by atoms with Crippen LogP contribution in [0.3, 0.4) is 0 Å². The monoisotopic (exact) mass is 194 g/mol. The highest BCUT2D eigenvalue weighted by molar-refractivity contribution is 5.89. The molecule has 0 saturated heterocycles. The van der Waals surface area contributed by atoms with E-state index in [0.29, 0.717) is 5.56 Å². The molecule has 0 fully saturated rings. The van der Waals surface area contributed by atoms with E-state index in [1.165, 1.54) is 18.5 Å². The van der Waals surface area contributed by atoms with Crippen LogP contribution in [0.4, 0.5) is 0 Å². The minimum atomic E-state index is -0.960. The largest absolute Gasteiger partial charge is 0.478 e. The first-order chi connectivity index (χ1) is 6.54. The number of nitrogens with two attached hydrogens (primary N) is 1. The maximum Gasteiger partial charge on any atom is 0.336 e. The first-order valence-corrected chi connectivity index (χ1v) is 4.46. The molecule has 0 saturated carbocycles. The smallest absolute Gasteiger partial charge is 0.336 e. The van der Waals surface area contributed by atoms with E-state index in [-0.39, 0.29) is 17.5 Å². The van der Waals surface area contributed by atoms with Crippen molar-refractivity contribution in [3.63, 3.8) is 0 Å². The summed E-state index contributed by atoms with van der Waals surface area (Å²) in [5.74, 6) is -0.768. The minimum Gasteiger partial charge on any atom is -0.478 e. The Morgan fingerprint density at radius 1 is 1.57 bits per heavy atom. The van der Waals surface area contributed by atoms with Crippen LogP contribution >= 0.6 is 0 Å². The van der Waals surface area contributed by atoms with Gasteiger partial charge in [0.2, 0.25) is 0 Å². The molecule has 0 aliphatic heterocycles. The van der Waals surface area contributed by atoms with Gasteiger partial charge in [-0.1, -0.05) is 13.8 Å². The second-order valence-corrected chi connectivity index (χ2v) is 3.54. The number of hydrogen-bond acceptors (Lipinski definition) is 3. The molecule has 0 bridgehead atoms. The van der Waals surface area contributed by atoms with Crippen molar-refractivity contribution in [2.24, 2.45) is 11.7 Å². The van der Waals surface area contributed by atoms with Crippen LogP contribution in [-0.2, 0) is 0 Å². The molecule has 1 heterocycles. The molecule has 0 aromatic carbocycles. The average Bonchev–Trinajstić information content (AvgIpc) is 2.16. The second kappa shape index (κ2) is 4.19. The van der Waals surface area contributed by atoms with Crippen molar-refractivity contribution in [2.75, 3.05) is 0 Å². The number of carboxylic acids is 1. The van der Waals surface area contributed by atoms with Gasteiger partial charge in [0, 0.05) is 24.0 Å². The predicted octanol–water partition coefficient (Wildman–Crippen LogP) is 1.44. The van der Waals surface area contributed by atoms with E-state index in [1.807, 2.05) is 13.8 Å². The zero-order valence-corrected chi connectivity index (χ0v) is 8.27. The summed E-state index contributed by atoms with van der Waals surface area (Å²) in [6.45, 7) is 3.90. The number of carbonyl (C=O) groups is 1. The van der Waals surface area contributed by atoms with Crippen LogP contribution in [0.5, 0.6) is 0 Å². The van der Waals surface area contributed by atoms with Crippen LogP contribution < -0.4 is 5.73 Å². The average molecular weight is 194 g/mol. The Balaban J connectivity index is 3.13. The number of aromatic carboxylic acids is 1. The first kappa shape index (κ1) is 10.7. The summed E-state index contributed by atoms with van der Waals surface area (Å²) in [6.07, 6.45) is 2.98. The molecule has 3 N–H and O–H groups in total. The normalized spacial score (nSPS) is 12.9. The third-order valence-electron chi connectivity index (χ3n) is 2.16. The van der Waals surface area contributed by atoms with E-state index in [9.17, 15) is 4.79 Å². The van der Waals surface area contributed by atoms with E-state index in [0.717, 1.165) is 0 Å². The van der Waals surface area contributed by atoms with Crippen LogP contribution in [0.15, 0.2) is 18.5 Å². The molecule has 0 aliphatic rings. The van der Waals surface area contributed by atoms with Gasteiger partial charge in [0.1, 0.15) is 0 Å².